The Morgan fingerprint density at radius 3 is 2.71 bits per heavy atom. The Kier molecular flexibility index (Phi) is 4.25. The summed E-state index contributed by atoms with van der Waals surface area (Å²) in [5.74, 6) is 3.69. The molecule has 1 aromatic carbocycles. The van der Waals surface area contributed by atoms with Crippen molar-refractivity contribution in [3.63, 3.8) is 0 Å². The predicted octanol–water partition coefficient (Wildman–Crippen LogP) is 3.38. The van der Waals surface area contributed by atoms with Crippen LogP contribution in [0.2, 0.25) is 0 Å². The molecular formula is C21H26N4O3. The minimum atomic E-state index is 0.0681. The molecule has 0 N–H and O–H groups in total. The fourth-order valence-electron chi connectivity index (χ4n) is 4.53. The lowest BCUT2D eigenvalue weighted by molar-refractivity contribution is -0.129. The van der Waals surface area contributed by atoms with E-state index in [9.17, 15) is 4.79 Å². The van der Waals surface area contributed by atoms with Gasteiger partial charge in [0, 0.05) is 36.9 Å². The summed E-state index contributed by atoms with van der Waals surface area (Å²) in [6.45, 7) is 5.17. The van der Waals surface area contributed by atoms with Crippen LogP contribution < -0.4 is 9.47 Å². The van der Waals surface area contributed by atoms with Crippen molar-refractivity contribution in [2.45, 2.75) is 63.8 Å². The molecule has 1 aromatic heterocycles. The number of hydrogen-bond donors (Lipinski definition) is 0. The summed E-state index contributed by atoms with van der Waals surface area (Å²) in [5, 5.41) is 4.78. The molecule has 0 bridgehead atoms. The van der Waals surface area contributed by atoms with Crippen molar-refractivity contribution in [2.24, 2.45) is 0 Å². The first-order valence-corrected chi connectivity index (χ1v) is 10.3. The molecule has 0 radical (unpaired) electrons. The SMILES string of the molecule is CC(C)c1nc(C2CC(=O)N(C3CCCC3)C2)n(-c2ccc3c(c2)OCO3)n1. The Bertz CT molecular complexity index is 901. The number of likely N-dealkylation sites (tertiary alicyclic amines) is 1. The monoisotopic (exact) mass is 382 g/mol. The van der Waals surface area contributed by atoms with Crippen LogP contribution in [-0.4, -0.2) is 45.0 Å². The van der Waals surface area contributed by atoms with E-state index in [1.807, 2.05) is 22.9 Å². The molecule has 148 valence electrons. The highest BCUT2D eigenvalue weighted by molar-refractivity contribution is 5.80. The van der Waals surface area contributed by atoms with Gasteiger partial charge in [-0.2, -0.15) is 5.10 Å². The summed E-state index contributed by atoms with van der Waals surface area (Å²) in [6.07, 6.45) is 5.22. The van der Waals surface area contributed by atoms with E-state index in [2.05, 4.69) is 18.7 Å². The standard InChI is InChI=1S/C21H26N4O3/c1-13(2)20-22-21(14-9-19(26)24(11-14)15-5-3-4-6-15)25(23-20)16-7-8-17-18(10-16)28-12-27-17/h7-8,10,13-15H,3-6,9,11-12H2,1-2H3. The predicted molar refractivity (Wildman–Crippen MR) is 103 cm³/mol. The molecule has 1 aliphatic carbocycles. The lowest BCUT2D eigenvalue weighted by Crippen LogP contribution is -2.34. The van der Waals surface area contributed by atoms with Gasteiger partial charge in [0.05, 0.1) is 5.69 Å². The van der Waals surface area contributed by atoms with Crippen molar-refractivity contribution >= 4 is 5.91 Å². The number of rotatable bonds is 4. The molecule has 7 heteroatoms. The molecule has 0 spiro atoms. The third-order valence-electron chi connectivity index (χ3n) is 6.05. The van der Waals surface area contributed by atoms with Gasteiger partial charge in [-0.25, -0.2) is 9.67 Å². The van der Waals surface area contributed by atoms with E-state index >= 15 is 0 Å². The average molecular weight is 382 g/mol. The normalized spacial score (nSPS) is 22.0. The van der Waals surface area contributed by atoms with E-state index in [-0.39, 0.29) is 24.5 Å². The number of ether oxygens (including phenoxy) is 2. The average Bonchev–Trinajstić information content (AvgIpc) is 3.45. The zero-order chi connectivity index (χ0) is 19.3. The summed E-state index contributed by atoms with van der Waals surface area (Å²) < 4.78 is 12.9. The molecule has 2 aromatic rings. The highest BCUT2D eigenvalue weighted by Gasteiger charge is 2.38. The van der Waals surface area contributed by atoms with Crippen molar-refractivity contribution in [3.05, 3.63) is 29.8 Å². The van der Waals surface area contributed by atoms with Crippen LogP contribution >= 0.6 is 0 Å². The van der Waals surface area contributed by atoms with Crippen LogP contribution in [0.1, 0.15) is 69.4 Å². The van der Waals surface area contributed by atoms with Gasteiger partial charge in [0.25, 0.3) is 0 Å². The van der Waals surface area contributed by atoms with E-state index in [1.165, 1.54) is 12.8 Å². The zero-order valence-electron chi connectivity index (χ0n) is 16.4. The maximum Gasteiger partial charge on any atom is 0.231 e. The van der Waals surface area contributed by atoms with E-state index in [0.29, 0.717) is 12.5 Å². The fraction of sp³-hybridized carbons (Fsp3) is 0.571. The van der Waals surface area contributed by atoms with Crippen LogP contribution in [-0.2, 0) is 4.79 Å². The lowest BCUT2D eigenvalue weighted by Gasteiger charge is -2.24. The van der Waals surface area contributed by atoms with Gasteiger partial charge in [-0.05, 0) is 25.0 Å². The van der Waals surface area contributed by atoms with Crippen molar-refractivity contribution in [2.75, 3.05) is 13.3 Å². The van der Waals surface area contributed by atoms with Crippen LogP contribution in [0.25, 0.3) is 5.69 Å². The van der Waals surface area contributed by atoms with E-state index in [4.69, 9.17) is 19.6 Å². The Morgan fingerprint density at radius 1 is 1.14 bits per heavy atom. The molecule has 7 nitrogen and oxygen atoms in total. The Morgan fingerprint density at radius 2 is 1.93 bits per heavy atom. The van der Waals surface area contributed by atoms with Gasteiger partial charge in [0.1, 0.15) is 5.82 Å². The molecule has 2 aliphatic heterocycles. The molecule has 28 heavy (non-hydrogen) atoms. The number of hydrogen-bond acceptors (Lipinski definition) is 5. The van der Waals surface area contributed by atoms with Crippen molar-refractivity contribution in [1.82, 2.24) is 19.7 Å². The van der Waals surface area contributed by atoms with Gasteiger partial charge >= 0.3 is 0 Å². The zero-order valence-corrected chi connectivity index (χ0v) is 16.4. The van der Waals surface area contributed by atoms with Gasteiger partial charge in [0.2, 0.25) is 12.7 Å². The minimum Gasteiger partial charge on any atom is -0.454 e. The molecule has 1 saturated carbocycles. The van der Waals surface area contributed by atoms with Gasteiger partial charge in [0.15, 0.2) is 17.3 Å². The first-order chi connectivity index (χ1) is 13.6. The minimum absolute atomic E-state index is 0.0681. The summed E-state index contributed by atoms with van der Waals surface area (Å²) in [6, 6.07) is 6.23. The third kappa shape index (κ3) is 2.93. The van der Waals surface area contributed by atoms with Crippen molar-refractivity contribution < 1.29 is 14.3 Å². The number of aromatic nitrogens is 3. The molecule has 1 amide bonds. The second kappa shape index (κ2) is 6.79. The first-order valence-electron chi connectivity index (χ1n) is 10.3. The summed E-state index contributed by atoms with van der Waals surface area (Å²) in [4.78, 5) is 19.7. The van der Waals surface area contributed by atoms with E-state index in [1.54, 1.807) is 0 Å². The maximum absolute atomic E-state index is 12.7. The highest BCUT2D eigenvalue weighted by atomic mass is 16.7. The van der Waals surface area contributed by atoms with E-state index < -0.39 is 0 Å². The number of amides is 1. The summed E-state index contributed by atoms with van der Waals surface area (Å²) in [7, 11) is 0. The molecule has 5 rings (SSSR count). The molecule has 1 atom stereocenters. The molecule has 3 heterocycles. The highest BCUT2D eigenvalue weighted by Crippen LogP contribution is 2.37. The first kappa shape index (κ1) is 17.5. The van der Waals surface area contributed by atoms with Crippen LogP contribution in [0.3, 0.4) is 0 Å². The fourth-order valence-corrected chi connectivity index (χ4v) is 4.53. The van der Waals surface area contributed by atoms with Gasteiger partial charge in [-0.1, -0.05) is 26.7 Å². The molecule has 1 unspecified atom stereocenters. The smallest absolute Gasteiger partial charge is 0.231 e. The van der Waals surface area contributed by atoms with Crippen LogP contribution in [0, 0.1) is 0 Å². The largest absolute Gasteiger partial charge is 0.454 e. The number of nitrogens with zero attached hydrogens (tertiary/aromatic N) is 4. The van der Waals surface area contributed by atoms with Crippen molar-refractivity contribution in [1.29, 1.82) is 0 Å². The Hall–Kier alpha value is -2.57. The lowest BCUT2D eigenvalue weighted by atomic mass is 10.1. The molecule has 1 saturated heterocycles. The number of fused-ring (bicyclic) bond motifs is 1. The van der Waals surface area contributed by atoms with Gasteiger partial charge < -0.3 is 14.4 Å². The van der Waals surface area contributed by atoms with Gasteiger partial charge in [-0.15, -0.1) is 0 Å². The number of carbonyl (C=O) groups is 1. The maximum atomic E-state index is 12.7. The second-order valence-corrected chi connectivity index (χ2v) is 8.32. The summed E-state index contributed by atoms with van der Waals surface area (Å²) >= 11 is 0. The number of benzene rings is 1. The quantitative estimate of drug-likeness (QED) is 0.811. The third-order valence-corrected chi connectivity index (χ3v) is 6.05. The second-order valence-electron chi connectivity index (χ2n) is 8.32. The topological polar surface area (TPSA) is 69.5 Å². The molecule has 3 aliphatic rings. The van der Waals surface area contributed by atoms with Gasteiger partial charge in [-0.3, -0.25) is 4.79 Å². The van der Waals surface area contributed by atoms with Crippen LogP contribution in [0.15, 0.2) is 18.2 Å². The molecule has 2 fully saturated rings. The van der Waals surface area contributed by atoms with E-state index in [0.717, 1.165) is 48.2 Å². The van der Waals surface area contributed by atoms with Crippen LogP contribution in [0.4, 0.5) is 0 Å². The Balaban J connectivity index is 1.50. The molecular weight excluding hydrogens is 356 g/mol. The summed E-state index contributed by atoms with van der Waals surface area (Å²) in [5.41, 5.74) is 0.894. The van der Waals surface area contributed by atoms with Crippen LogP contribution in [0.5, 0.6) is 11.5 Å². The Labute approximate surface area is 164 Å². The van der Waals surface area contributed by atoms with Crippen molar-refractivity contribution in [3.8, 4) is 17.2 Å². The number of carbonyl (C=O) groups excluding carboxylic acids is 1.